The third-order valence-electron chi connectivity index (χ3n) is 13.0. The normalized spacial score (nSPS) is 13.5. The third-order valence-corrected chi connectivity index (χ3v) is 13.0. The quantitative estimate of drug-likeness (QED) is 0.0362. The molecule has 0 rings (SSSR count). The van der Waals surface area contributed by atoms with E-state index in [1.165, 1.54) is 231 Å². The van der Waals surface area contributed by atoms with E-state index >= 15 is 0 Å². The second-order valence-corrected chi connectivity index (χ2v) is 19.1. The van der Waals surface area contributed by atoms with Gasteiger partial charge in [-0.15, -0.1) is 0 Å². The molecule has 0 aromatic heterocycles. The summed E-state index contributed by atoms with van der Waals surface area (Å²) in [5, 5.41) is 33.7. The fourth-order valence-corrected chi connectivity index (χ4v) is 8.77. The third kappa shape index (κ3) is 46.6. The van der Waals surface area contributed by atoms with E-state index in [1.807, 2.05) is 0 Å². The minimum absolute atomic E-state index is 0.152. The molecular weight excluding hydrogens is 751 g/mol. The predicted octanol–water partition coefficient (Wildman–Crippen LogP) is 16.9. The molecule has 1 amide bonds. The highest BCUT2D eigenvalue weighted by Crippen LogP contribution is 2.17. The summed E-state index contributed by atoms with van der Waals surface area (Å²) in [7, 11) is 0. The van der Waals surface area contributed by atoms with Crippen LogP contribution in [0.1, 0.15) is 303 Å². The summed E-state index contributed by atoms with van der Waals surface area (Å²) < 4.78 is 0. The van der Waals surface area contributed by atoms with E-state index in [2.05, 4.69) is 43.5 Å². The van der Waals surface area contributed by atoms with Gasteiger partial charge in [0.15, 0.2) is 0 Å². The summed E-state index contributed by atoms with van der Waals surface area (Å²) in [6.45, 7) is 4.20. The zero-order valence-corrected chi connectivity index (χ0v) is 41.3. The van der Waals surface area contributed by atoms with Crippen molar-refractivity contribution in [3.63, 3.8) is 0 Å². The summed E-state index contributed by atoms with van der Waals surface area (Å²) in [5.74, 6) is -0.152. The van der Waals surface area contributed by atoms with E-state index in [0.29, 0.717) is 12.8 Å². The highest BCUT2D eigenvalue weighted by atomic mass is 16.3. The van der Waals surface area contributed by atoms with Crippen molar-refractivity contribution in [2.24, 2.45) is 0 Å². The van der Waals surface area contributed by atoms with Gasteiger partial charge in [0.25, 0.3) is 0 Å². The molecule has 0 saturated carbocycles. The van der Waals surface area contributed by atoms with Crippen molar-refractivity contribution in [3.8, 4) is 0 Å². The lowest BCUT2D eigenvalue weighted by atomic mass is 10.0. The molecule has 0 heterocycles. The largest absolute Gasteiger partial charge is 0.394 e. The van der Waals surface area contributed by atoms with Crippen LogP contribution >= 0.6 is 0 Å². The van der Waals surface area contributed by atoms with Gasteiger partial charge in [0.1, 0.15) is 6.10 Å². The van der Waals surface area contributed by atoms with Crippen molar-refractivity contribution in [1.29, 1.82) is 0 Å². The lowest BCUT2D eigenvalue weighted by Gasteiger charge is -2.26. The van der Waals surface area contributed by atoms with Crippen LogP contribution in [0.5, 0.6) is 0 Å². The minimum Gasteiger partial charge on any atom is -0.394 e. The molecule has 0 bridgehead atoms. The Morgan fingerprint density at radius 2 is 0.672 bits per heavy atom. The molecule has 61 heavy (non-hydrogen) atoms. The number of amides is 1. The average Bonchev–Trinajstić information content (AvgIpc) is 3.26. The molecule has 4 N–H and O–H groups in total. The molecule has 0 aromatic carbocycles. The number of aliphatic hydroxyl groups excluding tert-OH is 3. The first kappa shape index (κ1) is 59.8. The van der Waals surface area contributed by atoms with Gasteiger partial charge < -0.3 is 20.6 Å². The Morgan fingerprint density at radius 3 is 1.00 bits per heavy atom. The van der Waals surface area contributed by atoms with Gasteiger partial charge in [-0.3, -0.25) is 4.79 Å². The molecule has 5 nitrogen and oxygen atoms in total. The van der Waals surface area contributed by atoms with E-state index in [0.717, 1.165) is 44.9 Å². The number of rotatable bonds is 51. The molecular formula is C56H109NO4. The van der Waals surface area contributed by atoms with Crippen molar-refractivity contribution in [1.82, 2.24) is 5.32 Å². The van der Waals surface area contributed by atoms with Gasteiger partial charge >= 0.3 is 0 Å². The monoisotopic (exact) mass is 860 g/mol. The van der Waals surface area contributed by atoms with Crippen molar-refractivity contribution < 1.29 is 20.1 Å². The molecule has 3 atom stereocenters. The van der Waals surface area contributed by atoms with Crippen LogP contribution in [0.3, 0.4) is 0 Å². The van der Waals surface area contributed by atoms with Crippen molar-refractivity contribution >= 4 is 5.91 Å². The second-order valence-electron chi connectivity index (χ2n) is 19.1. The number of unbranched alkanes of at least 4 members (excludes halogenated alkanes) is 39. The molecule has 362 valence electrons. The first-order valence-corrected chi connectivity index (χ1v) is 27.6. The fourth-order valence-electron chi connectivity index (χ4n) is 8.77. The molecule has 0 spiro atoms. The number of carbonyl (C=O) groups excluding carboxylic acids is 1. The molecule has 0 aliphatic heterocycles. The van der Waals surface area contributed by atoms with Crippen LogP contribution in [0, 0.1) is 0 Å². The Balaban J connectivity index is 3.57. The molecule has 0 aliphatic rings. The van der Waals surface area contributed by atoms with Crippen LogP contribution in [0.4, 0.5) is 0 Å². The molecule has 0 saturated heterocycles. The number of aliphatic hydroxyl groups is 3. The molecule has 0 radical (unpaired) electrons. The van der Waals surface area contributed by atoms with E-state index in [-0.39, 0.29) is 12.5 Å². The lowest BCUT2D eigenvalue weighted by Crippen LogP contribution is -2.50. The topological polar surface area (TPSA) is 89.8 Å². The Labute approximate surface area is 382 Å². The zero-order chi connectivity index (χ0) is 44.4. The maximum Gasteiger partial charge on any atom is 0.220 e. The van der Waals surface area contributed by atoms with Crippen LogP contribution < -0.4 is 5.32 Å². The SMILES string of the molecule is CCCCCCCCCCCCCC/C=C/CC/C=C/CCCC(O)C(O)C(CO)NC(=O)CCCCCCCCCCCCCCCCCCCCCCCCCCCC. The maximum atomic E-state index is 12.5. The average molecular weight is 860 g/mol. The highest BCUT2D eigenvalue weighted by molar-refractivity contribution is 5.76. The van der Waals surface area contributed by atoms with Crippen LogP contribution in [0.15, 0.2) is 24.3 Å². The van der Waals surface area contributed by atoms with E-state index < -0.39 is 18.2 Å². The summed E-state index contributed by atoms with van der Waals surface area (Å²) in [6.07, 6.45) is 64.7. The predicted molar refractivity (Wildman–Crippen MR) is 268 cm³/mol. The van der Waals surface area contributed by atoms with E-state index in [1.54, 1.807) is 0 Å². The summed E-state index contributed by atoms with van der Waals surface area (Å²) in [6, 6.07) is -0.830. The minimum atomic E-state index is -1.16. The molecule has 0 aromatic rings. The van der Waals surface area contributed by atoms with Gasteiger partial charge in [-0.2, -0.15) is 0 Å². The Hall–Kier alpha value is -1.17. The van der Waals surface area contributed by atoms with Crippen LogP contribution in [-0.4, -0.2) is 46.1 Å². The van der Waals surface area contributed by atoms with Crippen molar-refractivity contribution in [2.45, 2.75) is 321 Å². The fraction of sp³-hybridized carbons (Fsp3) is 0.911. The Morgan fingerprint density at radius 1 is 0.393 bits per heavy atom. The van der Waals surface area contributed by atoms with Gasteiger partial charge in [-0.25, -0.2) is 0 Å². The van der Waals surface area contributed by atoms with Gasteiger partial charge in [0.05, 0.1) is 18.8 Å². The lowest BCUT2D eigenvalue weighted by molar-refractivity contribution is -0.124. The smallest absolute Gasteiger partial charge is 0.220 e. The molecule has 5 heteroatoms. The van der Waals surface area contributed by atoms with E-state index in [4.69, 9.17) is 0 Å². The zero-order valence-electron chi connectivity index (χ0n) is 41.3. The highest BCUT2D eigenvalue weighted by Gasteiger charge is 2.26. The van der Waals surface area contributed by atoms with Gasteiger partial charge in [0.2, 0.25) is 5.91 Å². The van der Waals surface area contributed by atoms with Gasteiger partial charge in [-0.05, 0) is 51.4 Å². The Bertz CT molecular complexity index is 905. The molecule has 0 fully saturated rings. The number of allylic oxidation sites excluding steroid dienone is 4. The second kappa shape index (κ2) is 51.5. The summed E-state index contributed by atoms with van der Waals surface area (Å²) in [4.78, 5) is 12.5. The van der Waals surface area contributed by atoms with Gasteiger partial charge in [-0.1, -0.05) is 269 Å². The van der Waals surface area contributed by atoms with Crippen LogP contribution in [0.2, 0.25) is 0 Å². The van der Waals surface area contributed by atoms with Crippen LogP contribution in [0.25, 0.3) is 0 Å². The first-order chi connectivity index (χ1) is 30.1. The van der Waals surface area contributed by atoms with Gasteiger partial charge in [0, 0.05) is 6.42 Å². The van der Waals surface area contributed by atoms with Crippen molar-refractivity contribution in [3.05, 3.63) is 24.3 Å². The number of hydrogen-bond donors (Lipinski definition) is 4. The Kier molecular flexibility index (Phi) is 50.5. The molecule has 3 unspecified atom stereocenters. The number of hydrogen-bond acceptors (Lipinski definition) is 4. The summed E-state index contributed by atoms with van der Waals surface area (Å²) in [5.41, 5.74) is 0. The standard InChI is InChI=1S/C56H109NO4/c1-3-5-7-9-11-13-15-17-19-21-23-25-26-27-28-29-31-33-35-37-39-41-43-45-47-49-51-55(60)57-53(52-58)56(61)54(59)50-48-46-44-42-40-38-36-34-32-30-24-22-20-18-16-14-12-10-8-6-4-2/h34,36,42,44,53-54,56,58-59,61H,3-33,35,37-41,43,45-52H2,1-2H3,(H,57,60)/b36-34+,44-42+. The van der Waals surface area contributed by atoms with Crippen molar-refractivity contribution in [2.75, 3.05) is 6.61 Å². The molecule has 0 aliphatic carbocycles. The maximum absolute atomic E-state index is 12.5. The van der Waals surface area contributed by atoms with E-state index in [9.17, 15) is 20.1 Å². The number of carbonyl (C=O) groups is 1. The van der Waals surface area contributed by atoms with Crippen LogP contribution in [-0.2, 0) is 4.79 Å². The summed E-state index contributed by atoms with van der Waals surface area (Å²) >= 11 is 0. The first-order valence-electron chi connectivity index (χ1n) is 27.6. The number of nitrogens with one attached hydrogen (secondary N) is 1.